The number of nitrogens with zero attached hydrogens (tertiary/aromatic N) is 4. The third-order valence-electron chi connectivity index (χ3n) is 10.2. The first-order chi connectivity index (χ1) is 27.8. The molecule has 13 heteroatoms. The van der Waals surface area contributed by atoms with Crippen LogP contribution < -0.4 is 24.8 Å². The highest BCUT2D eigenvalue weighted by atomic mass is 79.9. The summed E-state index contributed by atoms with van der Waals surface area (Å²) in [5, 5.41) is 6.34. The zero-order valence-corrected chi connectivity index (χ0v) is 36.6. The molecule has 2 N–H and O–H groups in total. The Morgan fingerprint density at radius 1 is 0.702 bits per heavy atom. The Bertz CT molecular complexity index is 2400. The highest BCUT2D eigenvalue weighted by molar-refractivity contribution is 9.11. The van der Waals surface area contributed by atoms with Crippen molar-refractivity contribution in [1.82, 2.24) is 19.9 Å². The molecule has 294 valence electrons. The van der Waals surface area contributed by atoms with Crippen LogP contribution in [0.4, 0.5) is 5.69 Å². The van der Waals surface area contributed by atoms with Gasteiger partial charge in [-0.2, -0.15) is 0 Å². The van der Waals surface area contributed by atoms with E-state index in [-0.39, 0.29) is 24.0 Å². The molecule has 10 nitrogen and oxygen atoms in total. The summed E-state index contributed by atoms with van der Waals surface area (Å²) < 4.78 is 21.4. The summed E-state index contributed by atoms with van der Waals surface area (Å²) in [6.45, 7) is 0. The second-order valence-corrected chi connectivity index (χ2v) is 16.3. The summed E-state index contributed by atoms with van der Waals surface area (Å²) in [4.78, 5) is 25.2. The van der Waals surface area contributed by atoms with Crippen molar-refractivity contribution in [3.8, 4) is 17.2 Å². The highest BCUT2D eigenvalue weighted by Crippen LogP contribution is 2.39. The second-order valence-electron chi connectivity index (χ2n) is 13.7. The van der Waals surface area contributed by atoms with Gasteiger partial charge in [0.25, 0.3) is 0 Å². The van der Waals surface area contributed by atoms with Crippen LogP contribution in [-0.4, -0.2) is 47.6 Å². The molecule has 0 aliphatic carbocycles. The van der Waals surface area contributed by atoms with Crippen LogP contribution in [0.3, 0.4) is 0 Å². The van der Waals surface area contributed by atoms with Crippen LogP contribution in [0, 0.1) is 0 Å². The number of carbonyl (C=O) groups excluding carboxylic acids is 1. The molecular weight excluding hydrogens is 916 g/mol. The predicted octanol–water partition coefficient (Wildman–Crippen LogP) is 10.9. The van der Waals surface area contributed by atoms with Gasteiger partial charge in [-0.3, -0.25) is 9.79 Å². The highest BCUT2D eigenvalue weighted by Gasteiger charge is 2.30. The van der Waals surface area contributed by atoms with E-state index in [0.717, 1.165) is 103 Å². The number of ether oxygens (including phenoxy) is 3. The third-order valence-corrected chi connectivity index (χ3v) is 11.8. The van der Waals surface area contributed by atoms with E-state index >= 15 is 0 Å². The Morgan fingerprint density at radius 3 is 2.02 bits per heavy atom. The zero-order chi connectivity index (χ0) is 39.9. The smallest absolute Gasteiger partial charge is 0.220 e. The van der Waals surface area contributed by atoms with Crippen LogP contribution in [0.25, 0.3) is 11.2 Å². The van der Waals surface area contributed by atoms with E-state index in [1.165, 1.54) is 5.56 Å². The minimum Gasteiger partial charge on any atom is -0.496 e. The molecule has 6 aromatic rings. The number of amidine groups is 1. The molecule has 3 atom stereocenters. The minimum absolute atomic E-state index is 0.124. The van der Waals surface area contributed by atoms with Gasteiger partial charge in [-0.05, 0) is 99.7 Å². The maximum Gasteiger partial charge on any atom is 0.220 e. The number of benzene rings is 4. The van der Waals surface area contributed by atoms with Crippen LogP contribution >= 0.6 is 47.8 Å². The SMILES string of the molecule is COc1ccccc1C1CCC(=O)N1.COc1ccccc1C1CCC(Nc2ccc(Br)cc2Br)=N1.COc1ccccc1C1CCc2nc3ccc(Br)nc3n21. The number of anilines is 1. The van der Waals surface area contributed by atoms with E-state index in [1.54, 1.807) is 21.3 Å². The molecule has 0 bridgehead atoms. The van der Waals surface area contributed by atoms with Gasteiger partial charge in [-0.25, -0.2) is 9.97 Å². The number of fused-ring (bicyclic) bond motifs is 3. The van der Waals surface area contributed by atoms with E-state index in [4.69, 9.17) is 24.2 Å². The van der Waals surface area contributed by atoms with Gasteiger partial charge in [0.1, 0.15) is 39.0 Å². The van der Waals surface area contributed by atoms with Crippen molar-refractivity contribution in [2.24, 2.45) is 4.99 Å². The lowest BCUT2D eigenvalue weighted by molar-refractivity contribution is -0.119. The number of aromatic nitrogens is 3. The Kier molecular flexibility index (Phi) is 13.3. The number of hydrogen-bond acceptors (Lipinski definition) is 8. The van der Waals surface area contributed by atoms with Crippen molar-refractivity contribution in [2.45, 2.75) is 56.7 Å². The Hall–Kier alpha value is -4.72. The van der Waals surface area contributed by atoms with Gasteiger partial charge in [0, 0.05) is 44.9 Å². The molecule has 0 radical (unpaired) electrons. The number of methoxy groups -OCH3 is 3. The number of amides is 1. The molecule has 1 saturated heterocycles. The molecule has 5 heterocycles. The molecule has 9 rings (SSSR count). The molecular formula is C44H43Br3N6O4. The molecule has 0 saturated carbocycles. The lowest BCUT2D eigenvalue weighted by Gasteiger charge is -2.17. The average molecular weight is 960 g/mol. The van der Waals surface area contributed by atoms with Gasteiger partial charge in [0.2, 0.25) is 5.91 Å². The monoisotopic (exact) mass is 956 g/mol. The third kappa shape index (κ3) is 9.37. The fourth-order valence-electron chi connectivity index (χ4n) is 7.53. The number of aryl methyl sites for hydroxylation is 1. The second kappa shape index (κ2) is 18.7. The van der Waals surface area contributed by atoms with Gasteiger partial charge >= 0.3 is 0 Å². The van der Waals surface area contributed by atoms with E-state index in [2.05, 4.69) is 86.2 Å². The number of para-hydroxylation sites is 3. The Labute approximate surface area is 357 Å². The summed E-state index contributed by atoms with van der Waals surface area (Å²) in [6.07, 6.45) is 5.41. The number of nitrogens with one attached hydrogen (secondary N) is 2. The van der Waals surface area contributed by atoms with E-state index < -0.39 is 0 Å². The normalized spacial score (nSPS) is 18.0. The van der Waals surface area contributed by atoms with E-state index in [9.17, 15) is 4.79 Å². The summed E-state index contributed by atoms with van der Waals surface area (Å²) >= 11 is 10.5. The van der Waals surface area contributed by atoms with E-state index in [1.807, 2.05) is 84.9 Å². The summed E-state index contributed by atoms with van der Waals surface area (Å²) in [5.41, 5.74) is 6.33. The number of aliphatic imine (C=N–C) groups is 1. The van der Waals surface area contributed by atoms with Gasteiger partial charge in [-0.15, -0.1) is 0 Å². The maximum atomic E-state index is 11.1. The summed E-state index contributed by atoms with van der Waals surface area (Å²) in [6, 6.07) is 34.6. The number of pyridine rings is 1. The van der Waals surface area contributed by atoms with Crippen LogP contribution in [0.15, 0.2) is 122 Å². The number of rotatable bonds is 7. The van der Waals surface area contributed by atoms with Gasteiger partial charge in [0.05, 0.1) is 45.1 Å². The first-order valence-electron chi connectivity index (χ1n) is 18.8. The fraction of sp³-hybridized carbons (Fsp3) is 0.273. The number of imidazole rings is 1. The lowest BCUT2D eigenvalue weighted by Crippen LogP contribution is -2.18. The topological polar surface area (TPSA) is 112 Å². The fourth-order valence-corrected chi connectivity index (χ4v) is 8.98. The standard InChI is InChI=1S/C17H16Br2N2O.C16H14BrN3O.C11H13NO2/c1-22-16-5-3-2-4-12(16)14-8-9-17(20-14)21-15-7-6-11(18)10-13(15)19;1-21-13-5-3-2-4-10(13)12-7-9-15-18-11-6-8-14(17)19-16(11)20(12)15;1-14-10-5-3-2-4-8(10)9-6-7-11(13)12-9/h2-7,10,14H,8-9H2,1H3,(H,20,21);2-6,8,12H,7,9H2,1H3;2-5,9H,6-7H2,1H3,(H,12,13). The van der Waals surface area contributed by atoms with Crippen LogP contribution in [0.1, 0.15) is 72.7 Å². The molecule has 57 heavy (non-hydrogen) atoms. The number of hydrogen-bond donors (Lipinski definition) is 2. The summed E-state index contributed by atoms with van der Waals surface area (Å²) in [7, 11) is 5.07. The molecule has 1 fully saturated rings. The lowest BCUT2D eigenvalue weighted by atomic mass is 10.0. The zero-order valence-electron chi connectivity index (χ0n) is 31.8. The van der Waals surface area contributed by atoms with Crippen LogP contribution in [0.2, 0.25) is 0 Å². The quantitative estimate of drug-likeness (QED) is 0.153. The van der Waals surface area contributed by atoms with Gasteiger partial charge < -0.3 is 29.4 Å². The predicted molar refractivity (Wildman–Crippen MR) is 236 cm³/mol. The first-order valence-corrected chi connectivity index (χ1v) is 21.1. The van der Waals surface area contributed by atoms with Crippen molar-refractivity contribution >= 4 is 76.4 Å². The molecule has 0 spiro atoms. The van der Waals surface area contributed by atoms with Crippen LogP contribution in [0.5, 0.6) is 17.2 Å². The largest absolute Gasteiger partial charge is 0.496 e. The van der Waals surface area contributed by atoms with Crippen molar-refractivity contribution in [3.63, 3.8) is 0 Å². The van der Waals surface area contributed by atoms with Crippen LogP contribution in [-0.2, 0) is 11.2 Å². The van der Waals surface area contributed by atoms with E-state index in [0.29, 0.717) is 6.42 Å². The molecule has 4 aromatic carbocycles. The van der Waals surface area contributed by atoms with Gasteiger partial charge in [0.15, 0.2) is 5.65 Å². The molecule has 3 unspecified atom stereocenters. The van der Waals surface area contributed by atoms with Crippen molar-refractivity contribution in [2.75, 3.05) is 26.6 Å². The molecule has 1 amide bonds. The van der Waals surface area contributed by atoms with Crippen molar-refractivity contribution in [3.05, 3.63) is 139 Å². The average Bonchev–Trinajstić information content (AvgIpc) is 4.05. The Morgan fingerprint density at radius 2 is 1.35 bits per heavy atom. The number of carbonyl (C=O) groups is 1. The first kappa shape index (κ1) is 40.5. The minimum atomic E-state index is 0.124. The maximum absolute atomic E-state index is 11.1. The molecule has 2 aromatic heterocycles. The molecule has 3 aliphatic rings. The number of halogens is 3. The Balaban J connectivity index is 0.000000134. The van der Waals surface area contributed by atoms with Crippen molar-refractivity contribution in [1.29, 1.82) is 0 Å². The van der Waals surface area contributed by atoms with Gasteiger partial charge in [-0.1, -0.05) is 70.5 Å². The molecule has 3 aliphatic heterocycles. The summed E-state index contributed by atoms with van der Waals surface area (Å²) in [5.74, 6) is 4.92. The van der Waals surface area contributed by atoms with Crippen molar-refractivity contribution < 1.29 is 19.0 Å².